The van der Waals surface area contributed by atoms with E-state index in [1.165, 1.54) is 43.3 Å². The molecule has 0 saturated carbocycles. The summed E-state index contributed by atoms with van der Waals surface area (Å²) >= 11 is 0. The second-order valence-corrected chi connectivity index (χ2v) is 4.58. The first-order valence-electron chi connectivity index (χ1n) is 6.57. The van der Waals surface area contributed by atoms with E-state index in [4.69, 9.17) is 0 Å². The third-order valence-electron chi connectivity index (χ3n) is 3.09. The van der Waals surface area contributed by atoms with E-state index in [0.717, 1.165) is 0 Å². The number of benzene rings is 1. The number of anilines is 1. The van der Waals surface area contributed by atoms with E-state index >= 15 is 0 Å². The Bertz CT molecular complexity index is 732. The Kier molecular flexibility index (Phi) is 4.75. The number of ether oxygens (including phenoxy) is 2. The Labute approximate surface area is 132 Å². The summed E-state index contributed by atoms with van der Waals surface area (Å²) in [5, 5.41) is 6.51. The maximum atomic E-state index is 12.2. The number of methoxy groups -OCH3 is 2. The number of nitrogens with zero attached hydrogens (tertiary/aromatic N) is 2. The second-order valence-electron chi connectivity index (χ2n) is 4.58. The molecule has 1 aromatic heterocycles. The highest BCUT2D eigenvalue weighted by molar-refractivity contribution is 6.05. The Morgan fingerprint density at radius 2 is 1.61 bits per heavy atom. The number of aromatic nitrogens is 2. The lowest BCUT2D eigenvalue weighted by molar-refractivity contribution is 0.0599. The van der Waals surface area contributed by atoms with Crippen LogP contribution in [0, 0.1) is 0 Å². The van der Waals surface area contributed by atoms with E-state index in [0.29, 0.717) is 5.69 Å². The van der Waals surface area contributed by atoms with Crippen molar-refractivity contribution in [2.45, 2.75) is 0 Å². The molecule has 0 aliphatic heterocycles. The number of rotatable bonds is 4. The summed E-state index contributed by atoms with van der Waals surface area (Å²) in [5.74, 6) is -1.69. The summed E-state index contributed by atoms with van der Waals surface area (Å²) in [7, 11) is 4.07. The predicted octanol–water partition coefficient (Wildman–Crippen LogP) is 1.25. The third kappa shape index (κ3) is 3.54. The molecule has 1 amide bonds. The molecule has 8 nitrogen and oxygen atoms in total. The minimum absolute atomic E-state index is 0.121. The highest BCUT2D eigenvalue weighted by Crippen LogP contribution is 2.18. The molecule has 0 unspecified atom stereocenters. The fourth-order valence-corrected chi connectivity index (χ4v) is 1.96. The van der Waals surface area contributed by atoms with Crippen molar-refractivity contribution in [2.24, 2.45) is 7.05 Å². The minimum Gasteiger partial charge on any atom is -0.465 e. The SMILES string of the molecule is COC(=O)c1cc(NC(=O)c2ccnn2C)cc(C(=O)OC)c1. The molecule has 0 atom stereocenters. The van der Waals surface area contributed by atoms with Gasteiger partial charge in [-0.25, -0.2) is 9.59 Å². The highest BCUT2D eigenvalue weighted by atomic mass is 16.5. The molecule has 0 fully saturated rings. The fourth-order valence-electron chi connectivity index (χ4n) is 1.96. The number of carbonyl (C=O) groups excluding carboxylic acids is 3. The molecule has 120 valence electrons. The monoisotopic (exact) mass is 317 g/mol. The van der Waals surface area contributed by atoms with Crippen LogP contribution in [0.25, 0.3) is 0 Å². The van der Waals surface area contributed by atoms with E-state index in [2.05, 4.69) is 19.9 Å². The van der Waals surface area contributed by atoms with Gasteiger partial charge in [-0.15, -0.1) is 0 Å². The van der Waals surface area contributed by atoms with Crippen molar-refractivity contribution >= 4 is 23.5 Å². The molecule has 0 bridgehead atoms. The number of amides is 1. The summed E-state index contributed by atoms with van der Waals surface area (Å²) in [6.07, 6.45) is 1.49. The lowest BCUT2D eigenvalue weighted by Crippen LogP contribution is -2.17. The van der Waals surface area contributed by atoms with Crippen molar-refractivity contribution in [1.82, 2.24) is 9.78 Å². The van der Waals surface area contributed by atoms with Gasteiger partial charge < -0.3 is 14.8 Å². The van der Waals surface area contributed by atoms with Crippen molar-refractivity contribution in [3.05, 3.63) is 47.3 Å². The van der Waals surface area contributed by atoms with Crippen molar-refractivity contribution in [3.8, 4) is 0 Å². The molecule has 2 aromatic rings. The molecule has 23 heavy (non-hydrogen) atoms. The quantitative estimate of drug-likeness (QED) is 0.852. The maximum absolute atomic E-state index is 12.2. The number of esters is 2. The molecule has 0 spiro atoms. The van der Waals surface area contributed by atoms with Gasteiger partial charge in [0.2, 0.25) is 0 Å². The van der Waals surface area contributed by atoms with Crippen LogP contribution in [0.15, 0.2) is 30.5 Å². The Balaban J connectivity index is 2.37. The Morgan fingerprint density at radius 3 is 2.04 bits per heavy atom. The topological polar surface area (TPSA) is 99.5 Å². The zero-order valence-electron chi connectivity index (χ0n) is 12.8. The normalized spacial score (nSPS) is 10.0. The largest absolute Gasteiger partial charge is 0.465 e. The number of carbonyl (C=O) groups is 3. The van der Waals surface area contributed by atoms with Gasteiger partial charge in [-0.1, -0.05) is 0 Å². The van der Waals surface area contributed by atoms with E-state index in [9.17, 15) is 14.4 Å². The molecule has 0 aliphatic rings. The zero-order chi connectivity index (χ0) is 17.0. The Hall–Kier alpha value is -3.16. The van der Waals surface area contributed by atoms with Gasteiger partial charge in [-0.3, -0.25) is 9.48 Å². The number of hydrogen-bond donors (Lipinski definition) is 1. The molecule has 0 radical (unpaired) electrons. The minimum atomic E-state index is -0.633. The molecule has 1 heterocycles. The summed E-state index contributed by atoms with van der Waals surface area (Å²) in [6.45, 7) is 0. The summed E-state index contributed by atoms with van der Waals surface area (Å²) in [6, 6.07) is 5.69. The maximum Gasteiger partial charge on any atom is 0.337 e. The van der Waals surface area contributed by atoms with Gasteiger partial charge in [0.1, 0.15) is 5.69 Å². The number of aryl methyl sites for hydroxylation is 1. The third-order valence-corrected chi connectivity index (χ3v) is 3.09. The summed E-state index contributed by atoms with van der Waals surface area (Å²) in [4.78, 5) is 35.6. The lowest BCUT2D eigenvalue weighted by Gasteiger charge is -2.09. The average molecular weight is 317 g/mol. The van der Waals surface area contributed by atoms with E-state index in [1.807, 2.05) is 0 Å². The van der Waals surface area contributed by atoms with E-state index in [-0.39, 0.29) is 16.8 Å². The van der Waals surface area contributed by atoms with Gasteiger partial charge in [-0.2, -0.15) is 5.10 Å². The molecule has 0 aliphatic carbocycles. The van der Waals surface area contributed by atoms with Gasteiger partial charge in [0.05, 0.1) is 25.3 Å². The van der Waals surface area contributed by atoms with Crippen LogP contribution >= 0.6 is 0 Å². The first-order chi connectivity index (χ1) is 11.0. The van der Waals surface area contributed by atoms with Crippen molar-refractivity contribution in [3.63, 3.8) is 0 Å². The summed E-state index contributed by atoms with van der Waals surface area (Å²) in [5.41, 5.74) is 0.832. The van der Waals surface area contributed by atoms with Gasteiger partial charge in [0.25, 0.3) is 5.91 Å². The van der Waals surface area contributed by atoms with Crippen LogP contribution in [0.3, 0.4) is 0 Å². The van der Waals surface area contributed by atoms with E-state index in [1.54, 1.807) is 13.1 Å². The first kappa shape index (κ1) is 16.2. The van der Waals surface area contributed by atoms with Crippen LogP contribution in [0.1, 0.15) is 31.2 Å². The second kappa shape index (κ2) is 6.73. The molecule has 1 aromatic carbocycles. The van der Waals surface area contributed by atoms with Gasteiger partial charge in [-0.05, 0) is 24.3 Å². The van der Waals surface area contributed by atoms with Crippen molar-refractivity contribution in [1.29, 1.82) is 0 Å². The van der Waals surface area contributed by atoms with Crippen molar-refractivity contribution in [2.75, 3.05) is 19.5 Å². The van der Waals surface area contributed by atoms with Gasteiger partial charge >= 0.3 is 11.9 Å². The van der Waals surface area contributed by atoms with Gasteiger partial charge in [0.15, 0.2) is 0 Å². The standard InChI is InChI=1S/C15H15N3O5/c1-18-12(4-5-16-18)13(19)17-11-7-9(14(20)22-2)6-10(8-11)15(21)23-3/h4-8H,1-3H3,(H,17,19). The zero-order valence-corrected chi connectivity index (χ0v) is 12.8. The smallest absolute Gasteiger partial charge is 0.337 e. The van der Waals surface area contributed by atoms with Crippen LogP contribution in [0.4, 0.5) is 5.69 Å². The molecule has 0 saturated heterocycles. The highest BCUT2D eigenvalue weighted by Gasteiger charge is 2.16. The van der Waals surface area contributed by atoms with Crippen LogP contribution in [-0.4, -0.2) is 41.8 Å². The van der Waals surface area contributed by atoms with Crippen LogP contribution in [0.5, 0.6) is 0 Å². The number of hydrogen-bond acceptors (Lipinski definition) is 6. The molecular formula is C15H15N3O5. The number of nitrogens with one attached hydrogen (secondary N) is 1. The lowest BCUT2D eigenvalue weighted by atomic mass is 10.1. The molecule has 1 N–H and O–H groups in total. The predicted molar refractivity (Wildman–Crippen MR) is 80.3 cm³/mol. The Morgan fingerprint density at radius 1 is 1.04 bits per heavy atom. The summed E-state index contributed by atoms with van der Waals surface area (Å²) < 4.78 is 10.7. The molecule has 2 rings (SSSR count). The molecule has 8 heteroatoms. The van der Waals surface area contributed by atoms with Crippen molar-refractivity contribution < 1.29 is 23.9 Å². The van der Waals surface area contributed by atoms with Gasteiger partial charge in [0, 0.05) is 18.9 Å². The van der Waals surface area contributed by atoms with Crippen LogP contribution in [-0.2, 0) is 16.5 Å². The first-order valence-corrected chi connectivity index (χ1v) is 6.57. The van der Waals surface area contributed by atoms with E-state index < -0.39 is 17.8 Å². The fraction of sp³-hybridized carbons (Fsp3) is 0.200. The average Bonchev–Trinajstić information content (AvgIpc) is 2.99. The van der Waals surface area contributed by atoms with Crippen LogP contribution in [0.2, 0.25) is 0 Å². The molecular weight excluding hydrogens is 302 g/mol. The van der Waals surface area contributed by atoms with Crippen LogP contribution < -0.4 is 5.32 Å².